The molecule has 0 spiro atoms. The van der Waals surface area contributed by atoms with Crippen LogP contribution in [0.1, 0.15) is 35.2 Å². The lowest BCUT2D eigenvalue weighted by molar-refractivity contribution is -0.137. The van der Waals surface area contributed by atoms with Gasteiger partial charge in [0, 0.05) is 18.2 Å². The molecule has 1 aromatic rings. The quantitative estimate of drug-likeness (QED) is 0.842. The van der Waals surface area contributed by atoms with Crippen molar-refractivity contribution in [3.63, 3.8) is 0 Å². The van der Waals surface area contributed by atoms with E-state index in [1.807, 2.05) is 4.90 Å². The highest BCUT2D eigenvalue weighted by atomic mass is 19.4. The Morgan fingerprint density at radius 3 is 2.56 bits per heavy atom. The van der Waals surface area contributed by atoms with E-state index in [1.54, 1.807) is 0 Å². The van der Waals surface area contributed by atoms with E-state index >= 15 is 0 Å². The summed E-state index contributed by atoms with van der Waals surface area (Å²) in [6.45, 7) is 2.59. The van der Waals surface area contributed by atoms with Crippen LogP contribution in [0.2, 0.25) is 0 Å². The third-order valence-corrected chi connectivity index (χ3v) is 6.07. The van der Waals surface area contributed by atoms with E-state index in [0.29, 0.717) is 24.8 Å². The summed E-state index contributed by atoms with van der Waals surface area (Å²) in [6.07, 6.45) is -2.05. The van der Waals surface area contributed by atoms with E-state index in [9.17, 15) is 22.8 Å². The lowest BCUT2D eigenvalue weighted by atomic mass is 10.0. The monoisotopic (exact) mass is 381 g/mol. The zero-order valence-corrected chi connectivity index (χ0v) is 14.8. The van der Waals surface area contributed by atoms with Gasteiger partial charge in [0.15, 0.2) is 0 Å². The van der Waals surface area contributed by atoms with Crippen molar-refractivity contribution >= 4 is 11.8 Å². The Labute approximate surface area is 155 Å². The first kappa shape index (κ1) is 18.3. The van der Waals surface area contributed by atoms with Crippen molar-refractivity contribution in [2.45, 2.75) is 37.5 Å². The Kier molecular flexibility index (Phi) is 4.61. The van der Waals surface area contributed by atoms with Crippen molar-refractivity contribution in [1.82, 2.24) is 15.5 Å². The van der Waals surface area contributed by atoms with Gasteiger partial charge in [0.1, 0.15) is 6.04 Å². The van der Waals surface area contributed by atoms with E-state index in [0.717, 1.165) is 38.1 Å². The van der Waals surface area contributed by atoms with Gasteiger partial charge in [-0.1, -0.05) is 6.07 Å². The summed E-state index contributed by atoms with van der Waals surface area (Å²) in [6, 6.07) is 3.82. The Morgan fingerprint density at radius 2 is 1.89 bits per heavy atom. The first-order valence-electron chi connectivity index (χ1n) is 9.32. The SMILES string of the molecule is O=C(NC1CCN(C2CC3CNCC3C2)C1=O)c1cccc(C(F)(F)F)c1. The first-order valence-corrected chi connectivity index (χ1v) is 9.32. The fraction of sp³-hybridized carbons (Fsp3) is 0.579. The van der Waals surface area contributed by atoms with Crippen LogP contribution in [0.25, 0.3) is 0 Å². The van der Waals surface area contributed by atoms with Crippen LogP contribution in [0.3, 0.4) is 0 Å². The van der Waals surface area contributed by atoms with Gasteiger partial charge >= 0.3 is 6.18 Å². The topological polar surface area (TPSA) is 61.4 Å². The van der Waals surface area contributed by atoms with Crippen molar-refractivity contribution in [1.29, 1.82) is 0 Å². The van der Waals surface area contributed by atoms with Crippen molar-refractivity contribution in [2.24, 2.45) is 11.8 Å². The molecule has 5 nitrogen and oxygen atoms in total. The highest BCUT2D eigenvalue weighted by Crippen LogP contribution is 2.38. The molecule has 3 fully saturated rings. The minimum absolute atomic E-state index is 0.0856. The molecule has 2 saturated heterocycles. The van der Waals surface area contributed by atoms with Gasteiger partial charge in [-0.15, -0.1) is 0 Å². The minimum Gasteiger partial charge on any atom is -0.340 e. The Hall–Kier alpha value is -2.09. The van der Waals surface area contributed by atoms with Crippen molar-refractivity contribution < 1.29 is 22.8 Å². The van der Waals surface area contributed by atoms with Crippen LogP contribution in [0.5, 0.6) is 0 Å². The van der Waals surface area contributed by atoms with Crippen LogP contribution in [0, 0.1) is 11.8 Å². The van der Waals surface area contributed by atoms with Gasteiger partial charge < -0.3 is 15.5 Å². The molecule has 3 atom stereocenters. The third kappa shape index (κ3) is 3.54. The maximum absolute atomic E-state index is 12.8. The molecule has 0 aromatic heterocycles. The predicted molar refractivity (Wildman–Crippen MR) is 91.9 cm³/mol. The molecule has 2 N–H and O–H groups in total. The van der Waals surface area contributed by atoms with Gasteiger partial charge in [0.2, 0.25) is 5.91 Å². The lowest BCUT2D eigenvalue weighted by Crippen LogP contribution is -2.44. The average Bonchev–Trinajstić information content (AvgIpc) is 3.30. The lowest BCUT2D eigenvalue weighted by Gasteiger charge is -2.25. The number of halogens is 3. The molecule has 0 bridgehead atoms. The number of likely N-dealkylation sites (tertiary alicyclic amines) is 1. The number of amides is 2. The maximum atomic E-state index is 12.8. The Balaban J connectivity index is 1.39. The third-order valence-electron chi connectivity index (χ3n) is 6.07. The standard InChI is InChI=1S/C19H22F3N3O2/c20-19(21,22)14-3-1-2-11(6-14)17(26)24-16-4-5-25(18(16)27)15-7-12-9-23-10-13(12)8-15/h1-3,6,12-13,15-16,23H,4-5,7-10H2,(H,24,26). The van der Waals surface area contributed by atoms with Crippen LogP contribution in [-0.2, 0) is 11.0 Å². The number of alkyl halides is 3. The Bertz CT molecular complexity index is 740. The number of carbonyl (C=O) groups is 2. The molecular weight excluding hydrogens is 359 g/mol. The van der Waals surface area contributed by atoms with Crippen LogP contribution >= 0.6 is 0 Å². The van der Waals surface area contributed by atoms with Crippen molar-refractivity contribution in [3.8, 4) is 0 Å². The second-order valence-corrected chi connectivity index (χ2v) is 7.73. The van der Waals surface area contributed by atoms with E-state index in [4.69, 9.17) is 0 Å². The van der Waals surface area contributed by atoms with Crippen LogP contribution in [-0.4, -0.2) is 48.4 Å². The number of rotatable bonds is 3. The van der Waals surface area contributed by atoms with Crippen molar-refractivity contribution in [2.75, 3.05) is 19.6 Å². The van der Waals surface area contributed by atoms with Gasteiger partial charge in [0.25, 0.3) is 5.91 Å². The fourth-order valence-electron chi connectivity index (χ4n) is 4.67. The van der Waals surface area contributed by atoms with Gasteiger partial charge in [-0.25, -0.2) is 0 Å². The van der Waals surface area contributed by atoms with Gasteiger partial charge in [-0.05, 0) is 62.4 Å². The van der Waals surface area contributed by atoms with Crippen LogP contribution in [0.15, 0.2) is 24.3 Å². The molecule has 1 aliphatic carbocycles. The Morgan fingerprint density at radius 1 is 1.19 bits per heavy atom. The van der Waals surface area contributed by atoms with Crippen LogP contribution in [0.4, 0.5) is 13.2 Å². The van der Waals surface area contributed by atoms with Crippen molar-refractivity contribution in [3.05, 3.63) is 35.4 Å². The number of fused-ring (bicyclic) bond motifs is 1. The summed E-state index contributed by atoms with van der Waals surface area (Å²) >= 11 is 0. The fourth-order valence-corrected chi connectivity index (χ4v) is 4.67. The molecule has 1 aromatic carbocycles. The van der Waals surface area contributed by atoms with E-state index in [-0.39, 0.29) is 17.5 Å². The normalized spacial score (nSPS) is 30.6. The largest absolute Gasteiger partial charge is 0.416 e. The summed E-state index contributed by atoms with van der Waals surface area (Å²) in [5.41, 5.74) is -0.960. The number of benzene rings is 1. The molecule has 4 rings (SSSR count). The first-order chi connectivity index (χ1) is 12.8. The molecule has 2 aliphatic heterocycles. The molecule has 146 valence electrons. The van der Waals surface area contributed by atoms with Gasteiger partial charge in [-0.2, -0.15) is 13.2 Å². The second-order valence-electron chi connectivity index (χ2n) is 7.73. The van der Waals surface area contributed by atoms with E-state index in [2.05, 4.69) is 10.6 Å². The summed E-state index contributed by atoms with van der Waals surface area (Å²) < 4.78 is 38.5. The zero-order chi connectivity index (χ0) is 19.2. The van der Waals surface area contributed by atoms with Crippen LogP contribution < -0.4 is 10.6 Å². The predicted octanol–water partition coefficient (Wildman–Crippen LogP) is 2.03. The molecule has 3 aliphatic rings. The number of nitrogens with zero attached hydrogens (tertiary/aromatic N) is 1. The van der Waals surface area contributed by atoms with E-state index in [1.165, 1.54) is 12.1 Å². The molecule has 2 heterocycles. The maximum Gasteiger partial charge on any atom is 0.416 e. The summed E-state index contributed by atoms with van der Waals surface area (Å²) in [4.78, 5) is 26.9. The van der Waals surface area contributed by atoms with Gasteiger partial charge in [0.05, 0.1) is 5.56 Å². The second kappa shape index (κ2) is 6.82. The van der Waals surface area contributed by atoms with Gasteiger partial charge in [-0.3, -0.25) is 9.59 Å². The molecule has 8 heteroatoms. The molecule has 2 amide bonds. The average molecular weight is 381 g/mol. The molecule has 3 unspecified atom stereocenters. The number of hydrogen-bond acceptors (Lipinski definition) is 3. The number of carbonyl (C=O) groups excluding carboxylic acids is 2. The molecule has 1 saturated carbocycles. The molecule has 27 heavy (non-hydrogen) atoms. The molecular formula is C19H22F3N3O2. The minimum atomic E-state index is -4.51. The summed E-state index contributed by atoms with van der Waals surface area (Å²) in [5.74, 6) is 0.463. The summed E-state index contributed by atoms with van der Waals surface area (Å²) in [5, 5.41) is 5.99. The van der Waals surface area contributed by atoms with E-state index < -0.39 is 23.7 Å². The number of nitrogens with one attached hydrogen (secondary N) is 2. The highest BCUT2D eigenvalue weighted by molar-refractivity contribution is 5.98. The smallest absolute Gasteiger partial charge is 0.340 e. The molecule has 0 radical (unpaired) electrons. The zero-order valence-electron chi connectivity index (χ0n) is 14.8. The summed E-state index contributed by atoms with van der Waals surface area (Å²) in [7, 11) is 0. The highest BCUT2D eigenvalue weighted by Gasteiger charge is 2.44. The number of hydrogen-bond donors (Lipinski definition) is 2.